The number of aliphatic hydroxyl groups excluding tert-OH is 1. The van der Waals surface area contributed by atoms with Gasteiger partial charge in [-0.15, -0.1) is 6.58 Å². The molecule has 2 heteroatoms. The maximum atomic E-state index is 11.1. The van der Waals surface area contributed by atoms with Crippen LogP contribution in [0, 0.1) is 0 Å². The zero-order valence-corrected chi connectivity index (χ0v) is 7.53. The molecule has 1 unspecified atom stereocenters. The lowest BCUT2D eigenvalue weighted by Crippen LogP contribution is -2.02. The molecule has 0 bridgehead atoms. The zero-order valence-electron chi connectivity index (χ0n) is 7.53. The van der Waals surface area contributed by atoms with Crippen LogP contribution in [0.2, 0.25) is 0 Å². The van der Waals surface area contributed by atoms with Gasteiger partial charge in [-0.25, -0.2) is 0 Å². The van der Waals surface area contributed by atoms with Crippen molar-refractivity contribution in [3.8, 4) is 0 Å². The van der Waals surface area contributed by atoms with Gasteiger partial charge in [0.05, 0.1) is 6.10 Å². The lowest BCUT2D eigenvalue weighted by molar-refractivity contribution is 0.101. The second-order valence-electron chi connectivity index (χ2n) is 2.82. The van der Waals surface area contributed by atoms with Crippen LogP contribution >= 0.6 is 0 Å². The number of hydrogen-bond donors (Lipinski definition) is 1. The van der Waals surface area contributed by atoms with Crippen molar-refractivity contribution in [2.24, 2.45) is 0 Å². The summed E-state index contributed by atoms with van der Waals surface area (Å²) >= 11 is 0. The van der Waals surface area contributed by atoms with Crippen molar-refractivity contribution in [1.82, 2.24) is 0 Å². The van der Waals surface area contributed by atoms with E-state index in [0.29, 0.717) is 11.1 Å². The van der Waals surface area contributed by atoms with Crippen LogP contribution in [-0.2, 0) is 0 Å². The topological polar surface area (TPSA) is 37.3 Å². The van der Waals surface area contributed by atoms with Gasteiger partial charge in [-0.2, -0.15) is 0 Å². The SMILES string of the molecule is C=CC(O)c1ccccc1C(C)=O. The lowest BCUT2D eigenvalue weighted by atomic mass is 10.00. The van der Waals surface area contributed by atoms with Gasteiger partial charge in [0, 0.05) is 5.56 Å². The highest BCUT2D eigenvalue weighted by molar-refractivity contribution is 5.95. The van der Waals surface area contributed by atoms with Crippen LogP contribution in [0.25, 0.3) is 0 Å². The summed E-state index contributed by atoms with van der Waals surface area (Å²) in [5, 5.41) is 9.49. The van der Waals surface area contributed by atoms with E-state index in [9.17, 15) is 9.90 Å². The van der Waals surface area contributed by atoms with Crippen LogP contribution in [0.4, 0.5) is 0 Å². The molecule has 1 aromatic rings. The first-order valence-electron chi connectivity index (χ1n) is 4.07. The minimum Gasteiger partial charge on any atom is -0.384 e. The van der Waals surface area contributed by atoms with Crippen LogP contribution in [0.1, 0.15) is 28.9 Å². The Balaban J connectivity index is 3.19. The van der Waals surface area contributed by atoms with Crippen molar-refractivity contribution < 1.29 is 9.90 Å². The fourth-order valence-electron chi connectivity index (χ4n) is 1.20. The molecular formula is C11H12O2. The number of benzene rings is 1. The Morgan fingerprint density at radius 2 is 2.15 bits per heavy atom. The lowest BCUT2D eigenvalue weighted by Gasteiger charge is -2.09. The largest absolute Gasteiger partial charge is 0.384 e. The molecule has 2 nitrogen and oxygen atoms in total. The average Bonchev–Trinajstić information content (AvgIpc) is 2.16. The first-order valence-corrected chi connectivity index (χ1v) is 4.07. The summed E-state index contributed by atoms with van der Waals surface area (Å²) in [7, 11) is 0. The summed E-state index contributed by atoms with van der Waals surface area (Å²) in [6, 6.07) is 6.98. The van der Waals surface area contributed by atoms with Crippen LogP contribution in [0.3, 0.4) is 0 Å². The third-order valence-corrected chi connectivity index (χ3v) is 1.88. The predicted molar refractivity (Wildman–Crippen MR) is 51.6 cm³/mol. The molecule has 0 heterocycles. The van der Waals surface area contributed by atoms with E-state index in [2.05, 4.69) is 6.58 Å². The van der Waals surface area contributed by atoms with Crippen molar-refractivity contribution in [3.63, 3.8) is 0 Å². The Morgan fingerprint density at radius 1 is 1.54 bits per heavy atom. The van der Waals surface area contributed by atoms with Gasteiger partial charge >= 0.3 is 0 Å². The highest BCUT2D eigenvalue weighted by atomic mass is 16.3. The van der Waals surface area contributed by atoms with Crippen molar-refractivity contribution >= 4 is 5.78 Å². The molecule has 13 heavy (non-hydrogen) atoms. The van der Waals surface area contributed by atoms with Gasteiger partial charge < -0.3 is 5.11 Å². The minimum absolute atomic E-state index is 0.0449. The first-order chi connectivity index (χ1) is 6.16. The number of Topliss-reactive ketones (excluding diaryl/α,β-unsaturated/α-hetero) is 1. The third-order valence-electron chi connectivity index (χ3n) is 1.88. The Bertz CT molecular complexity index is 329. The van der Waals surface area contributed by atoms with E-state index in [1.54, 1.807) is 24.3 Å². The highest BCUT2D eigenvalue weighted by Crippen LogP contribution is 2.18. The summed E-state index contributed by atoms with van der Waals surface area (Å²) < 4.78 is 0. The number of aliphatic hydroxyl groups is 1. The van der Waals surface area contributed by atoms with E-state index in [4.69, 9.17) is 0 Å². The number of ketones is 1. The molecule has 0 saturated carbocycles. The molecule has 0 saturated heterocycles. The van der Waals surface area contributed by atoms with E-state index < -0.39 is 6.10 Å². The number of carbonyl (C=O) groups is 1. The van der Waals surface area contributed by atoms with Crippen LogP contribution in [0.5, 0.6) is 0 Å². The predicted octanol–water partition coefficient (Wildman–Crippen LogP) is 2.11. The van der Waals surface area contributed by atoms with Gasteiger partial charge in [0.1, 0.15) is 0 Å². The van der Waals surface area contributed by atoms with Crippen molar-refractivity contribution in [2.75, 3.05) is 0 Å². The van der Waals surface area contributed by atoms with Gasteiger partial charge in [0.2, 0.25) is 0 Å². The monoisotopic (exact) mass is 176 g/mol. The number of carbonyl (C=O) groups excluding carboxylic acids is 1. The summed E-state index contributed by atoms with van der Waals surface area (Å²) in [4.78, 5) is 11.1. The average molecular weight is 176 g/mol. The Labute approximate surface area is 77.5 Å². The second kappa shape index (κ2) is 4.01. The second-order valence-corrected chi connectivity index (χ2v) is 2.82. The molecule has 0 aliphatic heterocycles. The van der Waals surface area contributed by atoms with Gasteiger partial charge in [-0.05, 0) is 12.5 Å². The smallest absolute Gasteiger partial charge is 0.160 e. The quantitative estimate of drug-likeness (QED) is 0.565. The minimum atomic E-state index is -0.764. The van der Waals surface area contributed by atoms with E-state index in [1.807, 2.05) is 0 Å². The molecular weight excluding hydrogens is 164 g/mol. The zero-order chi connectivity index (χ0) is 9.84. The Kier molecular flexibility index (Phi) is 2.98. The summed E-state index contributed by atoms with van der Waals surface area (Å²) in [6.07, 6.45) is 0.641. The maximum Gasteiger partial charge on any atom is 0.160 e. The van der Waals surface area contributed by atoms with Gasteiger partial charge in [-0.1, -0.05) is 30.3 Å². The van der Waals surface area contributed by atoms with Crippen molar-refractivity contribution in [1.29, 1.82) is 0 Å². The molecule has 0 radical (unpaired) electrons. The molecule has 1 rings (SSSR count). The van der Waals surface area contributed by atoms with Crippen LogP contribution in [0.15, 0.2) is 36.9 Å². The molecule has 1 atom stereocenters. The first kappa shape index (κ1) is 9.68. The maximum absolute atomic E-state index is 11.1. The van der Waals surface area contributed by atoms with Gasteiger partial charge in [0.15, 0.2) is 5.78 Å². The van der Waals surface area contributed by atoms with Crippen LogP contribution < -0.4 is 0 Å². The fourth-order valence-corrected chi connectivity index (χ4v) is 1.20. The molecule has 0 spiro atoms. The molecule has 0 amide bonds. The standard InChI is InChI=1S/C11H12O2/c1-3-11(13)10-7-5-4-6-9(10)8(2)12/h3-7,11,13H,1H2,2H3. The van der Waals surface area contributed by atoms with Crippen molar-refractivity contribution in [2.45, 2.75) is 13.0 Å². The molecule has 1 N–H and O–H groups in total. The molecule has 0 aliphatic rings. The van der Waals surface area contributed by atoms with E-state index in [1.165, 1.54) is 13.0 Å². The number of rotatable bonds is 3. The normalized spacial score (nSPS) is 12.2. The Morgan fingerprint density at radius 3 is 2.69 bits per heavy atom. The van der Waals surface area contributed by atoms with Gasteiger partial charge in [-0.3, -0.25) is 4.79 Å². The number of hydrogen-bond acceptors (Lipinski definition) is 2. The third kappa shape index (κ3) is 2.04. The summed E-state index contributed by atoms with van der Waals surface area (Å²) in [5.74, 6) is -0.0449. The van der Waals surface area contributed by atoms with Crippen molar-refractivity contribution in [3.05, 3.63) is 48.0 Å². The molecule has 0 fully saturated rings. The van der Waals surface area contributed by atoms with Gasteiger partial charge in [0.25, 0.3) is 0 Å². The molecule has 0 aromatic heterocycles. The molecule has 68 valence electrons. The molecule has 0 aliphatic carbocycles. The summed E-state index contributed by atoms with van der Waals surface area (Å²) in [6.45, 7) is 4.96. The molecule has 1 aromatic carbocycles. The fraction of sp³-hybridized carbons (Fsp3) is 0.182. The van der Waals surface area contributed by atoms with E-state index in [0.717, 1.165) is 0 Å². The Hall–Kier alpha value is -1.41. The van der Waals surface area contributed by atoms with E-state index in [-0.39, 0.29) is 5.78 Å². The highest BCUT2D eigenvalue weighted by Gasteiger charge is 2.10. The van der Waals surface area contributed by atoms with E-state index >= 15 is 0 Å². The summed E-state index contributed by atoms with van der Waals surface area (Å²) in [5.41, 5.74) is 1.17. The van der Waals surface area contributed by atoms with Crippen LogP contribution in [-0.4, -0.2) is 10.9 Å².